The fraction of sp³-hybridized carbons (Fsp3) is 0.483. The van der Waals surface area contributed by atoms with E-state index >= 15 is 0 Å². The van der Waals surface area contributed by atoms with Crippen LogP contribution in [0.3, 0.4) is 0 Å². The number of anilines is 1. The number of urea groups is 1. The third kappa shape index (κ3) is 5.55. The zero-order valence-electron chi connectivity index (χ0n) is 21.5. The Morgan fingerprint density at radius 3 is 2.25 bits per heavy atom. The maximum Gasteiger partial charge on any atom is 0.325 e. The van der Waals surface area contributed by atoms with Crippen LogP contribution in [0.5, 0.6) is 0 Å². The topological polar surface area (TPSA) is 90.0 Å². The number of carboxylic acid groups (broad SMARTS) is 1. The molecular formula is C29H37N3O4. The van der Waals surface area contributed by atoms with Gasteiger partial charge in [0, 0.05) is 24.3 Å². The zero-order valence-corrected chi connectivity index (χ0v) is 21.5. The van der Waals surface area contributed by atoms with Gasteiger partial charge in [-0.1, -0.05) is 51.1 Å². The normalized spacial score (nSPS) is 22.2. The first-order valence-electron chi connectivity index (χ1n) is 12.8. The van der Waals surface area contributed by atoms with Crippen LogP contribution in [0.15, 0.2) is 54.6 Å². The van der Waals surface area contributed by atoms with E-state index in [4.69, 9.17) is 5.11 Å². The van der Waals surface area contributed by atoms with E-state index in [0.717, 1.165) is 36.9 Å². The van der Waals surface area contributed by atoms with Crippen LogP contribution in [0.1, 0.15) is 68.8 Å². The summed E-state index contributed by atoms with van der Waals surface area (Å²) in [5.41, 5.74) is 2.42. The minimum atomic E-state index is -0.948. The first-order chi connectivity index (χ1) is 17.1. The Balaban J connectivity index is 1.52. The van der Waals surface area contributed by atoms with E-state index in [0.29, 0.717) is 24.6 Å². The number of para-hydroxylation sites is 1. The van der Waals surface area contributed by atoms with E-state index in [1.165, 1.54) is 0 Å². The molecule has 1 heterocycles. The van der Waals surface area contributed by atoms with Gasteiger partial charge in [-0.3, -0.25) is 14.5 Å². The maximum absolute atomic E-state index is 13.8. The lowest BCUT2D eigenvalue weighted by atomic mass is 9.67. The predicted molar refractivity (Wildman–Crippen MR) is 140 cm³/mol. The second kappa shape index (κ2) is 10.3. The molecule has 2 aliphatic rings. The van der Waals surface area contributed by atoms with Crippen LogP contribution in [0.25, 0.3) is 0 Å². The van der Waals surface area contributed by atoms with Crippen molar-refractivity contribution in [2.75, 3.05) is 18.0 Å². The Hall–Kier alpha value is -3.35. The highest BCUT2D eigenvalue weighted by molar-refractivity contribution is 5.96. The average Bonchev–Trinajstić information content (AvgIpc) is 3.10. The smallest absolute Gasteiger partial charge is 0.325 e. The van der Waals surface area contributed by atoms with Crippen LogP contribution < -0.4 is 10.2 Å². The lowest BCUT2D eigenvalue weighted by molar-refractivity contribution is -0.136. The Morgan fingerprint density at radius 2 is 1.67 bits per heavy atom. The number of nitrogens with one attached hydrogen (secondary N) is 1. The van der Waals surface area contributed by atoms with Crippen molar-refractivity contribution in [2.24, 2.45) is 11.3 Å². The molecule has 7 nitrogen and oxygen atoms in total. The van der Waals surface area contributed by atoms with Crippen LogP contribution in [0.2, 0.25) is 0 Å². The molecule has 0 atom stereocenters. The van der Waals surface area contributed by atoms with E-state index in [-0.39, 0.29) is 35.9 Å². The molecule has 4 rings (SSSR count). The average molecular weight is 492 g/mol. The Bertz CT molecular complexity index is 1080. The Labute approximate surface area is 213 Å². The number of benzene rings is 2. The number of hydrogen-bond donors (Lipinski definition) is 2. The van der Waals surface area contributed by atoms with Crippen molar-refractivity contribution in [1.29, 1.82) is 0 Å². The van der Waals surface area contributed by atoms with Gasteiger partial charge in [0.25, 0.3) is 5.91 Å². The van der Waals surface area contributed by atoms with Crippen LogP contribution >= 0.6 is 0 Å². The number of aliphatic carboxylic acids is 1. The summed E-state index contributed by atoms with van der Waals surface area (Å²) in [6.07, 6.45) is 4.05. The quantitative estimate of drug-likeness (QED) is 0.549. The molecule has 7 heteroatoms. The van der Waals surface area contributed by atoms with Crippen molar-refractivity contribution in [1.82, 2.24) is 10.2 Å². The third-order valence-electron chi connectivity index (χ3n) is 7.88. The van der Waals surface area contributed by atoms with Crippen LogP contribution in [-0.2, 0) is 11.3 Å². The number of amides is 3. The highest BCUT2D eigenvalue weighted by Gasteiger charge is 2.52. The molecule has 1 saturated carbocycles. The van der Waals surface area contributed by atoms with E-state index in [1.807, 2.05) is 47.4 Å². The number of carbonyl (C=O) groups excluding carboxylic acids is 2. The van der Waals surface area contributed by atoms with Gasteiger partial charge >= 0.3 is 12.0 Å². The second-order valence-electron chi connectivity index (χ2n) is 11.3. The fourth-order valence-electron chi connectivity index (χ4n) is 5.62. The van der Waals surface area contributed by atoms with Gasteiger partial charge in [0.2, 0.25) is 0 Å². The van der Waals surface area contributed by atoms with E-state index in [2.05, 4.69) is 31.0 Å². The first kappa shape index (κ1) is 25.7. The lowest BCUT2D eigenvalue weighted by Crippen LogP contribution is -2.50. The third-order valence-corrected chi connectivity index (χ3v) is 7.88. The fourth-order valence-corrected chi connectivity index (χ4v) is 5.62. The van der Waals surface area contributed by atoms with Crippen LogP contribution in [-0.4, -0.2) is 46.5 Å². The summed E-state index contributed by atoms with van der Waals surface area (Å²) in [5, 5.41) is 11.4. The van der Waals surface area contributed by atoms with E-state index < -0.39 is 5.97 Å². The SMILES string of the molecule is CC(C)(C)C1CCC2(CC1)CN(c1ccccc1)C(=O)N2Cc1ccc(C(=O)NCCC(=O)O)cc1. The molecule has 36 heavy (non-hydrogen) atoms. The monoisotopic (exact) mass is 491 g/mol. The standard InChI is InChI=1S/C29H37N3O4/c1-28(2,3)23-13-16-29(17-14-23)20-31(24-7-5-4-6-8-24)27(36)32(29)19-21-9-11-22(12-10-21)26(35)30-18-15-25(33)34/h4-12,23H,13-20H2,1-3H3,(H,30,35)(H,33,34). The maximum atomic E-state index is 13.8. The predicted octanol–water partition coefficient (Wildman–Crippen LogP) is 5.31. The number of hydrogen-bond acceptors (Lipinski definition) is 3. The highest BCUT2D eigenvalue weighted by Crippen LogP contribution is 2.47. The number of rotatable bonds is 7. The molecule has 2 N–H and O–H groups in total. The molecule has 0 bridgehead atoms. The Kier molecular flexibility index (Phi) is 7.38. The second-order valence-corrected chi connectivity index (χ2v) is 11.3. The van der Waals surface area contributed by atoms with Gasteiger partial charge in [0.05, 0.1) is 18.5 Å². The van der Waals surface area contributed by atoms with Crippen molar-refractivity contribution in [2.45, 2.75) is 65.0 Å². The summed E-state index contributed by atoms with van der Waals surface area (Å²) >= 11 is 0. The molecule has 1 aliphatic heterocycles. The largest absolute Gasteiger partial charge is 0.481 e. The summed E-state index contributed by atoms with van der Waals surface area (Å²) in [7, 11) is 0. The summed E-state index contributed by atoms with van der Waals surface area (Å²) in [5.74, 6) is -0.604. The molecule has 3 amide bonds. The summed E-state index contributed by atoms with van der Waals surface area (Å²) in [6, 6.07) is 17.2. The summed E-state index contributed by atoms with van der Waals surface area (Å²) < 4.78 is 0. The molecule has 2 aromatic rings. The molecule has 1 saturated heterocycles. The lowest BCUT2D eigenvalue weighted by Gasteiger charge is -2.45. The van der Waals surface area contributed by atoms with Gasteiger partial charge in [-0.15, -0.1) is 0 Å². The van der Waals surface area contributed by atoms with Gasteiger partial charge < -0.3 is 15.3 Å². The molecule has 1 aliphatic carbocycles. The Morgan fingerprint density at radius 1 is 1.03 bits per heavy atom. The highest BCUT2D eigenvalue weighted by atomic mass is 16.4. The van der Waals surface area contributed by atoms with Crippen molar-refractivity contribution < 1.29 is 19.5 Å². The van der Waals surface area contributed by atoms with Gasteiger partial charge in [-0.2, -0.15) is 0 Å². The van der Waals surface area contributed by atoms with Crippen LogP contribution in [0, 0.1) is 11.3 Å². The summed E-state index contributed by atoms with van der Waals surface area (Å²) in [6.45, 7) is 8.19. The minimum absolute atomic E-state index is 0.0332. The van der Waals surface area contributed by atoms with Gasteiger partial charge in [0.1, 0.15) is 0 Å². The van der Waals surface area contributed by atoms with E-state index in [9.17, 15) is 14.4 Å². The molecule has 2 aromatic carbocycles. The molecule has 192 valence electrons. The number of carboxylic acids is 1. The van der Waals surface area contributed by atoms with Crippen molar-refractivity contribution in [3.05, 3.63) is 65.7 Å². The van der Waals surface area contributed by atoms with Crippen molar-refractivity contribution >= 4 is 23.6 Å². The van der Waals surface area contributed by atoms with Gasteiger partial charge in [-0.05, 0) is 66.8 Å². The van der Waals surface area contributed by atoms with E-state index in [1.54, 1.807) is 12.1 Å². The molecule has 1 spiro atoms. The molecule has 0 unspecified atom stereocenters. The van der Waals surface area contributed by atoms with Gasteiger partial charge in [-0.25, -0.2) is 4.79 Å². The minimum Gasteiger partial charge on any atom is -0.481 e. The van der Waals surface area contributed by atoms with Gasteiger partial charge in [0.15, 0.2) is 0 Å². The molecule has 0 radical (unpaired) electrons. The first-order valence-corrected chi connectivity index (χ1v) is 12.8. The molecule has 0 aromatic heterocycles. The number of carbonyl (C=O) groups is 3. The molecule has 2 fully saturated rings. The zero-order chi connectivity index (χ0) is 25.9. The van der Waals surface area contributed by atoms with Crippen LogP contribution in [0.4, 0.5) is 10.5 Å². The van der Waals surface area contributed by atoms with Crippen molar-refractivity contribution in [3.8, 4) is 0 Å². The van der Waals surface area contributed by atoms with Crippen molar-refractivity contribution in [3.63, 3.8) is 0 Å². The number of nitrogens with zero attached hydrogens (tertiary/aromatic N) is 2. The molecular weight excluding hydrogens is 454 g/mol. The summed E-state index contributed by atoms with van der Waals surface area (Å²) in [4.78, 5) is 40.7.